The molecule has 0 fully saturated rings. The lowest BCUT2D eigenvalue weighted by atomic mass is 10.2. The molecule has 1 heterocycles. The fourth-order valence-corrected chi connectivity index (χ4v) is 1.87. The van der Waals surface area contributed by atoms with Crippen LogP contribution in [-0.2, 0) is 0 Å². The van der Waals surface area contributed by atoms with Gasteiger partial charge in [-0.1, -0.05) is 17.7 Å². The Kier molecular flexibility index (Phi) is 3.87. The summed E-state index contributed by atoms with van der Waals surface area (Å²) in [7, 11) is 1.49. The maximum Gasteiger partial charge on any atom is 0.339 e. The molecule has 0 spiro atoms. The summed E-state index contributed by atoms with van der Waals surface area (Å²) >= 11 is 6.00. The number of halogens is 1. The fraction of sp³-hybridized carbons (Fsp3) is 0.0769. The van der Waals surface area contributed by atoms with Crippen molar-refractivity contribution in [2.45, 2.75) is 0 Å². The number of carboxylic acid groups (broad SMARTS) is 1. The minimum Gasteiger partial charge on any atom is -0.493 e. The third-order valence-corrected chi connectivity index (χ3v) is 2.76. The topological polar surface area (TPSA) is 71.5 Å². The molecule has 19 heavy (non-hydrogen) atoms. The second-order valence-corrected chi connectivity index (χ2v) is 4.06. The second kappa shape index (κ2) is 5.58. The molecular formula is C13H11ClN2O3. The Morgan fingerprint density at radius 3 is 2.84 bits per heavy atom. The molecule has 0 aliphatic carbocycles. The Morgan fingerprint density at radius 2 is 2.16 bits per heavy atom. The number of pyridine rings is 1. The molecule has 0 saturated carbocycles. The van der Waals surface area contributed by atoms with Gasteiger partial charge in [0.2, 0.25) is 0 Å². The summed E-state index contributed by atoms with van der Waals surface area (Å²) in [6.45, 7) is 0. The number of hydrogen-bond acceptors (Lipinski definition) is 4. The number of ether oxygens (including phenoxy) is 1. The van der Waals surface area contributed by atoms with E-state index in [0.717, 1.165) is 0 Å². The Bertz CT molecular complexity index is 617. The molecule has 0 amide bonds. The first-order chi connectivity index (χ1) is 9.13. The summed E-state index contributed by atoms with van der Waals surface area (Å²) in [4.78, 5) is 15.1. The molecule has 1 aromatic carbocycles. The van der Waals surface area contributed by atoms with Gasteiger partial charge in [0.15, 0.2) is 5.75 Å². The fourth-order valence-electron chi connectivity index (χ4n) is 1.62. The highest BCUT2D eigenvalue weighted by Crippen LogP contribution is 2.34. The number of para-hydroxylation sites is 1. The van der Waals surface area contributed by atoms with Crippen LogP contribution in [0.2, 0.25) is 5.02 Å². The highest BCUT2D eigenvalue weighted by atomic mass is 35.5. The van der Waals surface area contributed by atoms with E-state index in [1.54, 1.807) is 24.3 Å². The zero-order valence-electron chi connectivity index (χ0n) is 10.1. The predicted octanol–water partition coefficient (Wildman–Crippen LogP) is 3.19. The molecular weight excluding hydrogens is 268 g/mol. The molecule has 98 valence electrons. The van der Waals surface area contributed by atoms with Crippen molar-refractivity contribution in [2.75, 3.05) is 12.4 Å². The van der Waals surface area contributed by atoms with Crippen LogP contribution in [0.4, 0.5) is 11.5 Å². The first kappa shape index (κ1) is 13.2. The van der Waals surface area contributed by atoms with Crippen molar-refractivity contribution < 1.29 is 14.6 Å². The molecule has 2 aromatic rings. The lowest BCUT2D eigenvalue weighted by molar-refractivity contribution is 0.0697. The molecule has 0 unspecified atom stereocenters. The zero-order valence-corrected chi connectivity index (χ0v) is 10.8. The third kappa shape index (κ3) is 2.77. The van der Waals surface area contributed by atoms with Crippen LogP contribution in [0.25, 0.3) is 0 Å². The number of carbonyl (C=O) groups is 1. The van der Waals surface area contributed by atoms with Crippen LogP contribution in [0, 0.1) is 0 Å². The number of rotatable bonds is 4. The molecule has 0 atom stereocenters. The molecule has 0 aliphatic heterocycles. The van der Waals surface area contributed by atoms with Crippen molar-refractivity contribution in [3.05, 3.63) is 47.1 Å². The summed E-state index contributed by atoms with van der Waals surface area (Å²) in [6, 6.07) is 8.17. The first-order valence-corrected chi connectivity index (χ1v) is 5.79. The highest BCUT2D eigenvalue weighted by Gasteiger charge is 2.13. The smallest absolute Gasteiger partial charge is 0.339 e. The van der Waals surface area contributed by atoms with Gasteiger partial charge < -0.3 is 15.2 Å². The molecule has 0 radical (unpaired) electrons. The van der Waals surface area contributed by atoms with Crippen molar-refractivity contribution in [1.82, 2.24) is 4.98 Å². The van der Waals surface area contributed by atoms with Crippen LogP contribution >= 0.6 is 11.6 Å². The van der Waals surface area contributed by atoms with Crippen LogP contribution in [-0.4, -0.2) is 23.2 Å². The van der Waals surface area contributed by atoms with Gasteiger partial charge in [-0.15, -0.1) is 0 Å². The summed E-state index contributed by atoms with van der Waals surface area (Å²) in [5.74, 6) is -0.390. The number of carboxylic acids is 1. The molecule has 5 nitrogen and oxygen atoms in total. The van der Waals surface area contributed by atoms with Crippen LogP contribution < -0.4 is 10.1 Å². The standard InChI is InChI=1S/C13H11ClN2O3/c1-19-11-9(14)5-2-6-10(11)16-12-8(13(17)18)4-3-7-15-12/h2-7H,1H3,(H,15,16)(H,17,18). The quantitative estimate of drug-likeness (QED) is 0.899. The maximum atomic E-state index is 11.1. The highest BCUT2D eigenvalue weighted by molar-refractivity contribution is 6.32. The molecule has 0 aliphatic rings. The van der Waals surface area contributed by atoms with Crippen LogP contribution in [0.15, 0.2) is 36.5 Å². The van der Waals surface area contributed by atoms with E-state index in [0.29, 0.717) is 16.5 Å². The number of benzene rings is 1. The minimum absolute atomic E-state index is 0.0736. The van der Waals surface area contributed by atoms with Gasteiger partial charge in [0, 0.05) is 6.20 Å². The lowest BCUT2D eigenvalue weighted by Crippen LogP contribution is -2.05. The van der Waals surface area contributed by atoms with Crippen molar-refractivity contribution in [1.29, 1.82) is 0 Å². The largest absolute Gasteiger partial charge is 0.493 e. The van der Waals surface area contributed by atoms with Crippen molar-refractivity contribution in [3.63, 3.8) is 0 Å². The van der Waals surface area contributed by atoms with Gasteiger partial charge in [-0.3, -0.25) is 0 Å². The van der Waals surface area contributed by atoms with E-state index in [2.05, 4.69) is 10.3 Å². The van der Waals surface area contributed by atoms with E-state index in [9.17, 15) is 4.79 Å². The first-order valence-electron chi connectivity index (χ1n) is 5.41. The van der Waals surface area contributed by atoms with Gasteiger partial charge in [0.25, 0.3) is 0 Å². The Labute approximate surface area is 114 Å². The number of aromatic carboxylic acids is 1. The maximum absolute atomic E-state index is 11.1. The molecule has 0 bridgehead atoms. The lowest BCUT2D eigenvalue weighted by Gasteiger charge is -2.12. The molecule has 2 rings (SSSR count). The van der Waals surface area contributed by atoms with E-state index < -0.39 is 5.97 Å². The van der Waals surface area contributed by atoms with Crippen molar-refractivity contribution >= 4 is 29.1 Å². The Balaban J connectivity index is 2.42. The SMILES string of the molecule is COc1c(Cl)cccc1Nc1ncccc1C(=O)O. The van der Waals surface area contributed by atoms with Crippen LogP contribution in [0.5, 0.6) is 5.75 Å². The number of nitrogens with one attached hydrogen (secondary N) is 1. The van der Waals surface area contributed by atoms with Crippen LogP contribution in [0.1, 0.15) is 10.4 Å². The number of aromatic nitrogens is 1. The van der Waals surface area contributed by atoms with E-state index in [1.165, 1.54) is 19.4 Å². The second-order valence-electron chi connectivity index (χ2n) is 3.65. The van der Waals surface area contributed by atoms with Crippen LogP contribution in [0.3, 0.4) is 0 Å². The predicted molar refractivity (Wildman–Crippen MR) is 72.5 cm³/mol. The summed E-state index contributed by atoms with van der Waals surface area (Å²) < 4.78 is 5.18. The van der Waals surface area contributed by atoms with Gasteiger partial charge in [0.05, 0.1) is 17.8 Å². The molecule has 0 saturated heterocycles. The van der Waals surface area contributed by atoms with E-state index >= 15 is 0 Å². The summed E-state index contributed by atoms with van der Waals surface area (Å²) in [6.07, 6.45) is 1.51. The number of anilines is 2. The van der Waals surface area contributed by atoms with Crippen molar-refractivity contribution in [3.8, 4) is 5.75 Å². The summed E-state index contributed by atoms with van der Waals surface area (Å²) in [5.41, 5.74) is 0.626. The third-order valence-electron chi connectivity index (χ3n) is 2.46. The Morgan fingerprint density at radius 1 is 1.37 bits per heavy atom. The number of nitrogens with zero attached hydrogens (tertiary/aromatic N) is 1. The van der Waals surface area contributed by atoms with E-state index in [1.807, 2.05) is 0 Å². The monoisotopic (exact) mass is 278 g/mol. The average Bonchev–Trinajstić information content (AvgIpc) is 2.39. The zero-order chi connectivity index (χ0) is 13.8. The average molecular weight is 279 g/mol. The van der Waals surface area contributed by atoms with E-state index in [-0.39, 0.29) is 11.4 Å². The van der Waals surface area contributed by atoms with Gasteiger partial charge in [-0.25, -0.2) is 9.78 Å². The number of methoxy groups -OCH3 is 1. The molecule has 1 aromatic heterocycles. The number of hydrogen-bond donors (Lipinski definition) is 2. The van der Waals surface area contributed by atoms with Gasteiger partial charge in [0.1, 0.15) is 11.4 Å². The van der Waals surface area contributed by atoms with Crippen molar-refractivity contribution in [2.24, 2.45) is 0 Å². The van der Waals surface area contributed by atoms with Gasteiger partial charge in [-0.05, 0) is 24.3 Å². The molecule has 6 heteroatoms. The minimum atomic E-state index is -1.06. The van der Waals surface area contributed by atoms with E-state index in [4.69, 9.17) is 21.4 Å². The Hall–Kier alpha value is -2.27. The molecule has 2 N–H and O–H groups in total. The van der Waals surface area contributed by atoms with Gasteiger partial charge >= 0.3 is 5.97 Å². The normalized spacial score (nSPS) is 10.0. The summed E-state index contributed by atoms with van der Waals surface area (Å²) in [5, 5.41) is 12.4. The van der Waals surface area contributed by atoms with Gasteiger partial charge in [-0.2, -0.15) is 0 Å².